The topological polar surface area (TPSA) is 67.9 Å². The van der Waals surface area contributed by atoms with E-state index in [-0.39, 0.29) is 10.7 Å². The third-order valence-electron chi connectivity index (χ3n) is 4.51. The largest absolute Gasteiger partial charge is 0.493 e. The van der Waals surface area contributed by atoms with Crippen LogP contribution in [0.5, 0.6) is 11.5 Å². The number of carbonyl (C=O) groups excluding carboxylic acids is 2. The number of hydrogen-bond donors (Lipinski definition) is 1. The van der Waals surface area contributed by atoms with Crippen molar-refractivity contribution in [2.24, 2.45) is 0 Å². The second-order valence-electron chi connectivity index (χ2n) is 6.21. The molecule has 1 saturated heterocycles. The van der Waals surface area contributed by atoms with E-state index in [0.29, 0.717) is 27.2 Å². The summed E-state index contributed by atoms with van der Waals surface area (Å²) in [6, 6.07) is 10.9. The fourth-order valence-electron chi connectivity index (χ4n) is 2.91. The summed E-state index contributed by atoms with van der Waals surface area (Å²) >= 11 is 8.68. The molecule has 1 fully saturated rings. The van der Waals surface area contributed by atoms with Gasteiger partial charge in [-0.3, -0.25) is 19.8 Å². The van der Waals surface area contributed by atoms with Crippen molar-refractivity contribution in [3.8, 4) is 11.5 Å². The Morgan fingerprint density at radius 2 is 1.72 bits per heavy atom. The number of carbonyl (C=O) groups is 2. The number of nitrogens with zero attached hydrogens (tertiary/aromatic N) is 1. The molecule has 0 unspecified atom stereocenters. The van der Waals surface area contributed by atoms with Gasteiger partial charge >= 0.3 is 0 Å². The van der Waals surface area contributed by atoms with Crippen LogP contribution in [0.25, 0.3) is 6.08 Å². The average Bonchev–Trinajstić information content (AvgIpc) is 2.72. The van der Waals surface area contributed by atoms with E-state index in [1.54, 1.807) is 12.1 Å². The molecule has 8 heteroatoms. The van der Waals surface area contributed by atoms with Crippen LogP contribution in [-0.4, -0.2) is 31.1 Å². The van der Waals surface area contributed by atoms with Crippen molar-refractivity contribution in [2.45, 2.75) is 13.3 Å². The van der Waals surface area contributed by atoms with Crippen LogP contribution in [0.15, 0.2) is 46.4 Å². The number of ether oxygens (including phenoxy) is 2. The van der Waals surface area contributed by atoms with Gasteiger partial charge < -0.3 is 9.47 Å². The lowest BCUT2D eigenvalue weighted by atomic mass is 10.1. The SMILES string of the molecule is CCc1ccc(N2C(=O)C(=Cc3cc(OC)c(OC)cc3Br)C(=O)NC2=S)cc1. The maximum absolute atomic E-state index is 13.1. The lowest BCUT2D eigenvalue weighted by molar-refractivity contribution is -0.122. The minimum absolute atomic E-state index is 0.0360. The Bertz CT molecular complexity index is 1020. The highest BCUT2D eigenvalue weighted by atomic mass is 79.9. The van der Waals surface area contributed by atoms with Gasteiger partial charge in [0, 0.05) is 4.47 Å². The van der Waals surface area contributed by atoms with Crippen LogP contribution >= 0.6 is 28.1 Å². The van der Waals surface area contributed by atoms with Crippen LogP contribution < -0.4 is 19.7 Å². The highest BCUT2D eigenvalue weighted by molar-refractivity contribution is 9.10. The zero-order valence-corrected chi connectivity index (χ0v) is 18.5. The maximum Gasteiger partial charge on any atom is 0.270 e. The number of thiocarbonyl (C=S) groups is 1. The van der Waals surface area contributed by atoms with Crippen molar-refractivity contribution in [3.05, 3.63) is 57.6 Å². The summed E-state index contributed by atoms with van der Waals surface area (Å²) in [7, 11) is 3.05. The molecule has 150 valence electrons. The minimum Gasteiger partial charge on any atom is -0.493 e. The third-order valence-corrected chi connectivity index (χ3v) is 5.48. The van der Waals surface area contributed by atoms with Crippen LogP contribution in [0.3, 0.4) is 0 Å². The summed E-state index contributed by atoms with van der Waals surface area (Å²) in [6.07, 6.45) is 2.38. The zero-order chi connectivity index (χ0) is 21.1. The molecule has 0 saturated carbocycles. The lowest BCUT2D eigenvalue weighted by Crippen LogP contribution is -2.54. The lowest BCUT2D eigenvalue weighted by Gasteiger charge is -2.29. The summed E-state index contributed by atoms with van der Waals surface area (Å²) in [4.78, 5) is 26.9. The number of nitrogens with one attached hydrogen (secondary N) is 1. The molecule has 0 atom stereocenters. The zero-order valence-electron chi connectivity index (χ0n) is 16.1. The van der Waals surface area contributed by atoms with E-state index in [1.165, 1.54) is 25.2 Å². The molecule has 0 spiro atoms. The molecule has 1 aliphatic heterocycles. The second-order valence-corrected chi connectivity index (χ2v) is 7.45. The molecule has 3 rings (SSSR count). The Balaban J connectivity index is 2.03. The smallest absolute Gasteiger partial charge is 0.270 e. The highest BCUT2D eigenvalue weighted by Crippen LogP contribution is 2.35. The van der Waals surface area contributed by atoms with E-state index in [4.69, 9.17) is 21.7 Å². The summed E-state index contributed by atoms with van der Waals surface area (Å²) in [5, 5.41) is 2.63. The minimum atomic E-state index is -0.553. The first kappa shape index (κ1) is 21.0. The van der Waals surface area contributed by atoms with E-state index in [9.17, 15) is 9.59 Å². The Kier molecular flexibility index (Phi) is 6.34. The van der Waals surface area contributed by atoms with E-state index in [2.05, 4.69) is 21.2 Å². The summed E-state index contributed by atoms with van der Waals surface area (Å²) in [6.45, 7) is 2.05. The molecule has 2 aromatic rings. The molecule has 29 heavy (non-hydrogen) atoms. The molecule has 1 heterocycles. The van der Waals surface area contributed by atoms with Crippen LogP contribution in [-0.2, 0) is 16.0 Å². The monoisotopic (exact) mass is 474 g/mol. The van der Waals surface area contributed by atoms with Crippen molar-refractivity contribution in [2.75, 3.05) is 19.1 Å². The number of rotatable bonds is 5. The van der Waals surface area contributed by atoms with Gasteiger partial charge in [-0.05, 0) is 60.1 Å². The number of aryl methyl sites for hydroxylation is 1. The first-order valence-corrected chi connectivity index (χ1v) is 10.0. The number of hydrogen-bond acceptors (Lipinski definition) is 5. The fourth-order valence-corrected chi connectivity index (χ4v) is 3.63. The molecule has 0 aliphatic carbocycles. The summed E-state index contributed by atoms with van der Waals surface area (Å²) in [5.41, 5.74) is 2.29. The molecule has 2 amide bonds. The Morgan fingerprint density at radius 3 is 2.31 bits per heavy atom. The molecule has 1 N–H and O–H groups in total. The Hall–Kier alpha value is -2.71. The second kappa shape index (κ2) is 8.75. The molecule has 2 aromatic carbocycles. The van der Waals surface area contributed by atoms with E-state index >= 15 is 0 Å². The molecule has 0 aromatic heterocycles. The fraction of sp³-hybridized carbons (Fsp3) is 0.190. The number of benzene rings is 2. The molecule has 6 nitrogen and oxygen atoms in total. The first-order chi connectivity index (χ1) is 13.9. The molecule has 1 aliphatic rings. The van der Waals surface area contributed by atoms with Gasteiger partial charge in [-0.15, -0.1) is 0 Å². The van der Waals surface area contributed by atoms with E-state index in [0.717, 1.165) is 12.0 Å². The Morgan fingerprint density at radius 1 is 1.10 bits per heavy atom. The molecule has 0 radical (unpaired) electrons. The van der Waals surface area contributed by atoms with Gasteiger partial charge in [0.15, 0.2) is 16.6 Å². The van der Waals surface area contributed by atoms with Gasteiger partial charge in [0.25, 0.3) is 11.8 Å². The highest BCUT2D eigenvalue weighted by Gasteiger charge is 2.34. The van der Waals surface area contributed by atoms with Crippen LogP contribution in [0.2, 0.25) is 0 Å². The van der Waals surface area contributed by atoms with Crippen LogP contribution in [0.4, 0.5) is 5.69 Å². The number of halogens is 1. The van der Waals surface area contributed by atoms with Gasteiger partial charge in [-0.25, -0.2) is 0 Å². The average molecular weight is 475 g/mol. The van der Waals surface area contributed by atoms with Gasteiger partial charge in [0.2, 0.25) is 0 Å². The maximum atomic E-state index is 13.1. The number of anilines is 1. The van der Waals surface area contributed by atoms with Crippen molar-refractivity contribution in [1.29, 1.82) is 0 Å². The summed E-state index contributed by atoms with van der Waals surface area (Å²) < 4.78 is 11.2. The van der Waals surface area contributed by atoms with E-state index in [1.807, 2.05) is 31.2 Å². The van der Waals surface area contributed by atoms with Crippen LogP contribution in [0.1, 0.15) is 18.1 Å². The quantitative estimate of drug-likeness (QED) is 0.404. The standard InChI is InChI=1S/C21H19BrN2O4S/c1-4-12-5-7-14(8-6-12)24-20(26)15(19(25)23-21(24)29)9-13-10-17(27-2)18(28-3)11-16(13)22/h5-11H,4H2,1-3H3,(H,23,25,29). The van der Waals surface area contributed by atoms with Crippen molar-refractivity contribution < 1.29 is 19.1 Å². The van der Waals surface area contributed by atoms with Crippen molar-refractivity contribution >= 4 is 56.8 Å². The third kappa shape index (κ3) is 4.18. The van der Waals surface area contributed by atoms with Gasteiger partial charge in [-0.1, -0.05) is 35.0 Å². The molecular formula is C21H19BrN2O4S. The van der Waals surface area contributed by atoms with Crippen molar-refractivity contribution in [1.82, 2.24) is 5.32 Å². The number of methoxy groups -OCH3 is 2. The van der Waals surface area contributed by atoms with Gasteiger partial charge in [0.1, 0.15) is 5.57 Å². The number of amides is 2. The molecular weight excluding hydrogens is 456 g/mol. The van der Waals surface area contributed by atoms with E-state index < -0.39 is 11.8 Å². The van der Waals surface area contributed by atoms with Gasteiger partial charge in [0.05, 0.1) is 19.9 Å². The summed E-state index contributed by atoms with van der Waals surface area (Å²) in [5.74, 6) is -0.0405. The normalized spacial score (nSPS) is 15.5. The molecule has 0 bridgehead atoms. The van der Waals surface area contributed by atoms with Gasteiger partial charge in [-0.2, -0.15) is 0 Å². The Labute approximate surface area is 182 Å². The predicted octanol–water partition coefficient (Wildman–Crippen LogP) is 3.86. The van der Waals surface area contributed by atoms with Crippen LogP contribution in [0, 0.1) is 0 Å². The predicted molar refractivity (Wildman–Crippen MR) is 119 cm³/mol. The van der Waals surface area contributed by atoms with Crippen molar-refractivity contribution in [3.63, 3.8) is 0 Å². The first-order valence-electron chi connectivity index (χ1n) is 8.81.